The van der Waals surface area contributed by atoms with Crippen molar-refractivity contribution in [3.63, 3.8) is 0 Å². The number of likely N-dealkylation sites (N-methyl/N-ethyl adjacent to an activating group) is 1. The van der Waals surface area contributed by atoms with Gasteiger partial charge in [0.2, 0.25) is 11.8 Å². The number of benzene rings is 3. The normalized spacial score (nSPS) is 11.8. The summed E-state index contributed by atoms with van der Waals surface area (Å²) < 4.78 is 40.3. The van der Waals surface area contributed by atoms with Crippen LogP contribution in [0.5, 0.6) is 11.5 Å². The van der Waals surface area contributed by atoms with E-state index in [4.69, 9.17) is 9.47 Å². The Balaban J connectivity index is 2.03. The highest BCUT2D eigenvalue weighted by atomic mass is 79.9. The van der Waals surface area contributed by atoms with Crippen molar-refractivity contribution in [1.29, 1.82) is 0 Å². The van der Waals surface area contributed by atoms with Crippen molar-refractivity contribution in [2.45, 2.75) is 31.3 Å². The van der Waals surface area contributed by atoms with E-state index < -0.39 is 28.5 Å². The third kappa shape index (κ3) is 7.30. The van der Waals surface area contributed by atoms with E-state index in [9.17, 15) is 18.0 Å². The molecule has 11 heteroatoms. The third-order valence-corrected chi connectivity index (χ3v) is 8.35. The molecule has 0 aromatic heterocycles. The van der Waals surface area contributed by atoms with Crippen molar-refractivity contribution in [3.8, 4) is 11.5 Å². The van der Waals surface area contributed by atoms with Crippen LogP contribution in [0.1, 0.15) is 19.4 Å². The summed E-state index contributed by atoms with van der Waals surface area (Å²) in [5.74, 6) is -0.267. The van der Waals surface area contributed by atoms with Crippen LogP contribution in [-0.2, 0) is 26.2 Å². The first-order valence-electron chi connectivity index (χ1n) is 12.2. The van der Waals surface area contributed by atoms with Crippen LogP contribution in [0.2, 0.25) is 0 Å². The molecule has 0 saturated heterocycles. The van der Waals surface area contributed by atoms with Crippen molar-refractivity contribution < 1.29 is 27.5 Å². The molecule has 0 saturated carbocycles. The highest BCUT2D eigenvalue weighted by molar-refractivity contribution is 9.10. The topological polar surface area (TPSA) is 105 Å². The van der Waals surface area contributed by atoms with Crippen molar-refractivity contribution in [2.24, 2.45) is 0 Å². The van der Waals surface area contributed by atoms with E-state index in [1.807, 2.05) is 24.3 Å². The van der Waals surface area contributed by atoms with Crippen LogP contribution in [0.3, 0.4) is 0 Å². The minimum absolute atomic E-state index is 0.0759. The first kappa shape index (κ1) is 30.0. The number of nitrogens with one attached hydrogen (secondary N) is 1. The van der Waals surface area contributed by atoms with Gasteiger partial charge in [0.15, 0.2) is 11.5 Å². The first-order chi connectivity index (χ1) is 18.6. The van der Waals surface area contributed by atoms with Gasteiger partial charge in [-0.3, -0.25) is 13.9 Å². The van der Waals surface area contributed by atoms with Gasteiger partial charge < -0.3 is 19.7 Å². The highest BCUT2D eigenvalue weighted by Gasteiger charge is 2.32. The molecule has 0 unspecified atom stereocenters. The number of anilines is 1. The Kier molecular flexibility index (Phi) is 10.4. The van der Waals surface area contributed by atoms with Crippen LogP contribution in [0.25, 0.3) is 0 Å². The summed E-state index contributed by atoms with van der Waals surface area (Å²) in [6, 6.07) is 19.1. The summed E-state index contributed by atoms with van der Waals surface area (Å²) >= 11 is 3.40. The largest absolute Gasteiger partial charge is 0.493 e. The number of sulfonamides is 1. The molecule has 9 nitrogen and oxygen atoms in total. The van der Waals surface area contributed by atoms with Gasteiger partial charge in [0.05, 0.1) is 24.8 Å². The Hall–Kier alpha value is -3.57. The number of amides is 2. The maximum Gasteiger partial charge on any atom is 0.264 e. The molecule has 0 aliphatic heterocycles. The predicted octanol–water partition coefficient (Wildman–Crippen LogP) is 4.22. The van der Waals surface area contributed by atoms with Gasteiger partial charge >= 0.3 is 0 Å². The molecule has 2 amide bonds. The van der Waals surface area contributed by atoms with E-state index >= 15 is 0 Å². The van der Waals surface area contributed by atoms with Gasteiger partial charge in [-0.2, -0.15) is 0 Å². The Bertz CT molecular complexity index is 1380. The molecule has 208 valence electrons. The molecule has 0 fully saturated rings. The van der Waals surface area contributed by atoms with Crippen molar-refractivity contribution in [1.82, 2.24) is 10.2 Å². The number of hydrogen-bond donors (Lipinski definition) is 1. The molecule has 3 aromatic rings. The lowest BCUT2D eigenvalue weighted by atomic mass is 10.1. The molecular formula is C28H32BrN3O6S. The Labute approximate surface area is 237 Å². The summed E-state index contributed by atoms with van der Waals surface area (Å²) in [5, 5.41) is 2.74. The zero-order chi connectivity index (χ0) is 28.6. The molecule has 39 heavy (non-hydrogen) atoms. The molecule has 3 rings (SSSR count). The van der Waals surface area contributed by atoms with Gasteiger partial charge in [0.25, 0.3) is 10.0 Å². The van der Waals surface area contributed by atoms with E-state index in [1.54, 1.807) is 44.2 Å². The van der Waals surface area contributed by atoms with Crippen molar-refractivity contribution in [2.75, 3.05) is 31.6 Å². The van der Waals surface area contributed by atoms with E-state index in [1.165, 1.54) is 37.3 Å². The van der Waals surface area contributed by atoms with Crippen LogP contribution in [0.15, 0.2) is 82.2 Å². The summed E-state index contributed by atoms with van der Waals surface area (Å²) in [7, 11) is -1.36. The lowest BCUT2D eigenvalue weighted by Crippen LogP contribution is -2.51. The van der Waals surface area contributed by atoms with Crippen LogP contribution < -0.4 is 19.1 Å². The van der Waals surface area contributed by atoms with Crippen LogP contribution >= 0.6 is 15.9 Å². The van der Waals surface area contributed by atoms with E-state index in [0.717, 1.165) is 14.3 Å². The standard InChI is InChI=1S/C28H32BrN3O6S/c1-5-30-28(34)20(2)31(18-21-11-13-22(29)14-12-21)27(33)19-32(23-9-7-6-8-10-23)39(35,36)24-15-16-25(37-3)26(17-24)38-4/h6-17,20H,5,18-19H2,1-4H3,(H,30,34)/t20-/m1/s1. The van der Waals surface area contributed by atoms with Crippen LogP contribution in [0.4, 0.5) is 5.69 Å². The smallest absolute Gasteiger partial charge is 0.264 e. The van der Waals surface area contributed by atoms with Crippen molar-refractivity contribution in [3.05, 3.63) is 82.8 Å². The zero-order valence-corrected chi connectivity index (χ0v) is 24.7. The number of rotatable bonds is 12. The molecule has 0 aliphatic rings. The second-order valence-corrected chi connectivity index (χ2v) is 11.4. The number of methoxy groups -OCH3 is 2. The summed E-state index contributed by atoms with van der Waals surface area (Å²) in [6.07, 6.45) is 0. The zero-order valence-electron chi connectivity index (χ0n) is 22.3. The number of nitrogens with zero attached hydrogens (tertiary/aromatic N) is 2. The van der Waals surface area contributed by atoms with Gasteiger partial charge in [-0.1, -0.05) is 46.3 Å². The van der Waals surface area contributed by atoms with E-state index in [-0.39, 0.29) is 23.1 Å². The third-order valence-electron chi connectivity index (χ3n) is 6.05. The number of ether oxygens (including phenoxy) is 2. The van der Waals surface area contributed by atoms with Gasteiger partial charge in [-0.25, -0.2) is 8.42 Å². The molecular weight excluding hydrogens is 586 g/mol. The fraction of sp³-hybridized carbons (Fsp3) is 0.286. The molecule has 0 heterocycles. The minimum Gasteiger partial charge on any atom is -0.493 e. The SMILES string of the molecule is CCNC(=O)[C@@H](C)N(Cc1ccc(Br)cc1)C(=O)CN(c1ccccc1)S(=O)(=O)c1ccc(OC)c(OC)c1. The summed E-state index contributed by atoms with van der Waals surface area (Å²) in [4.78, 5) is 27.9. The van der Waals surface area contributed by atoms with Gasteiger partial charge in [-0.15, -0.1) is 0 Å². The minimum atomic E-state index is -4.23. The van der Waals surface area contributed by atoms with Crippen LogP contribution in [-0.4, -0.2) is 58.5 Å². The van der Waals surface area contributed by atoms with Gasteiger partial charge in [0.1, 0.15) is 12.6 Å². The fourth-order valence-electron chi connectivity index (χ4n) is 3.92. The maximum absolute atomic E-state index is 13.9. The van der Waals surface area contributed by atoms with E-state index in [0.29, 0.717) is 18.0 Å². The Morgan fingerprint density at radius 1 is 0.949 bits per heavy atom. The average molecular weight is 619 g/mol. The Morgan fingerprint density at radius 3 is 2.18 bits per heavy atom. The average Bonchev–Trinajstić information content (AvgIpc) is 2.95. The second kappa shape index (κ2) is 13.5. The number of para-hydroxylation sites is 1. The van der Waals surface area contributed by atoms with Gasteiger partial charge in [0, 0.05) is 23.6 Å². The molecule has 1 N–H and O–H groups in total. The number of hydrogen-bond acceptors (Lipinski definition) is 6. The molecule has 3 aromatic carbocycles. The number of halogens is 1. The molecule has 0 radical (unpaired) electrons. The molecule has 0 spiro atoms. The Morgan fingerprint density at radius 2 is 1.59 bits per heavy atom. The fourth-order valence-corrected chi connectivity index (χ4v) is 5.61. The molecule has 0 bridgehead atoms. The number of carbonyl (C=O) groups is 2. The lowest BCUT2D eigenvalue weighted by molar-refractivity contribution is -0.139. The summed E-state index contributed by atoms with van der Waals surface area (Å²) in [6.45, 7) is 3.40. The molecule has 1 atom stereocenters. The number of carbonyl (C=O) groups excluding carboxylic acids is 2. The van der Waals surface area contributed by atoms with Crippen LogP contribution in [0, 0.1) is 0 Å². The summed E-state index contributed by atoms with van der Waals surface area (Å²) in [5.41, 5.74) is 1.09. The quantitative estimate of drug-likeness (QED) is 0.326. The first-order valence-corrected chi connectivity index (χ1v) is 14.5. The monoisotopic (exact) mass is 617 g/mol. The predicted molar refractivity (Wildman–Crippen MR) is 153 cm³/mol. The highest BCUT2D eigenvalue weighted by Crippen LogP contribution is 2.32. The lowest BCUT2D eigenvalue weighted by Gasteiger charge is -2.32. The van der Waals surface area contributed by atoms with E-state index in [2.05, 4.69) is 21.2 Å². The second-order valence-electron chi connectivity index (χ2n) is 8.58. The van der Waals surface area contributed by atoms with Crippen molar-refractivity contribution >= 4 is 43.5 Å². The van der Waals surface area contributed by atoms with Gasteiger partial charge in [-0.05, 0) is 55.8 Å². The molecule has 0 aliphatic carbocycles. The maximum atomic E-state index is 13.9.